The van der Waals surface area contributed by atoms with Gasteiger partial charge in [0, 0.05) is 6.20 Å². The zero-order valence-corrected chi connectivity index (χ0v) is 22.5. The summed E-state index contributed by atoms with van der Waals surface area (Å²) in [7, 11) is 0. The van der Waals surface area contributed by atoms with Gasteiger partial charge in [0.25, 0.3) is 0 Å². The summed E-state index contributed by atoms with van der Waals surface area (Å²) in [5, 5.41) is 5.62. The maximum Gasteiger partial charge on any atom is 0.185 e. The van der Waals surface area contributed by atoms with E-state index >= 15 is 0 Å². The standard InChI is InChI=1S/C31H29ClN4O4/c32-29-25-16-36(35-30(25)34-21-33-29)31-28(39-19-24-14-8-3-9-15-24)27(38-18-23-12-6-2-7-13-23)26(40-31)20-37-17-22-10-4-1-5-11-22/h1-16,21,26-28,31H,17-20H2/t26-,27-,28+,31+/m1/s1. The van der Waals surface area contributed by atoms with Gasteiger partial charge in [0.05, 0.1) is 31.8 Å². The Bertz CT molecular complexity index is 1500. The minimum atomic E-state index is -0.597. The van der Waals surface area contributed by atoms with Gasteiger partial charge in [0.2, 0.25) is 0 Å². The highest BCUT2D eigenvalue weighted by Crippen LogP contribution is 2.36. The van der Waals surface area contributed by atoms with Crippen LogP contribution in [0.4, 0.5) is 0 Å². The number of fused-ring (bicyclic) bond motifs is 1. The Hall–Kier alpha value is -3.66. The Balaban J connectivity index is 1.28. The van der Waals surface area contributed by atoms with Crippen LogP contribution in [0.15, 0.2) is 104 Å². The van der Waals surface area contributed by atoms with Gasteiger partial charge in [-0.2, -0.15) is 0 Å². The molecule has 0 unspecified atom stereocenters. The van der Waals surface area contributed by atoms with Crippen LogP contribution in [0.25, 0.3) is 11.0 Å². The van der Waals surface area contributed by atoms with Crippen molar-refractivity contribution < 1.29 is 18.9 Å². The minimum Gasteiger partial charge on any atom is -0.374 e. The van der Waals surface area contributed by atoms with Gasteiger partial charge >= 0.3 is 0 Å². The fourth-order valence-electron chi connectivity index (χ4n) is 4.79. The molecule has 0 spiro atoms. The van der Waals surface area contributed by atoms with Crippen LogP contribution in [0.1, 0.15) is 22.9 Å². The molecule has 1 aliphatic heterocycles. The van der Waals surface area contributed by atoms with Crippen LogP contribution >= 0.6 is 11.6 Å². The van der Waals surface area contributed by atoms with Crippen LogP contribution in [0.2, 0.25) is 5.15 Å². The first kappa shape index (κ1) is 26.6. The molecule has 9 heteroatoms. The maximum atomic E-state index is 6.59. The van der Waals surface area contributed by atoms with Crippen molar-refractivity contribution in [3.63, 3.8) is 0 Å². The highest BCUT2D eigenvalue weighted by atomic mass is 35.5. The second-order valence-corrected chi connectivity index (χ2v) is 9.96. The van der Waals surface area contributed by atoms with E-state index in [1.807, 2.05) is 91.0 Å². The lowest BCUT2D eigenvalue weighted by Crippen LogP contribution is -2.38. The molecule has 0 aliphatic carbocycles. The average Bonchev–Trinajstić information content (AvgIpc) is 3.59. The van der Waals surface area contributed by atoms with Gasteiger partial charge in [-0.3, -0.25) is 0 Å². The zero-order valence-electron chi connectivity index (χ0n) is 21.8. The molecular weight excluding hydrogens is 528 g/mol. The molecule has 3 heterocycles. The second-order valence-electron chi connectivity index (χ2n) is 9.60. The molecule has 2 aromatic heterocycles. The smallest absolute Gasteiger partial charge is 0.185 e. The van der Waals surface area contributed by atoms with E-state index in [1.165, 1.54) is 6.33 Å². The van der Waals surface area contributed by atoms with Crippen LogP contribution in [0.5, 0.6) is 0 Å². The quantitative estimate of drug-likeness (QED) is 0.191. The summed E-state index contributed by atoms with van der Waals surface area (Å²) in [5.74, 6) is 0. The summed E-state index contributed by atoms with van der Waals surface area (Å²) in [4.78, 5) is 8.36. The Labute approximate surface area is 237 Å². The highest BCUT2D eigenvalue weighted by molar-refractivity contribution is 6.33. The highest BCUT2D eigenvalue weighted by Gasteiger charge is 2.48. The molecule has 0 radical (unpaired) electrons. The Morgan fingerprint density at radius 1 is 0.725 bits per heavy atom. The van der Waals surface area contributed by atoms with Crippen LogP contribution in [-0.4, -0.2) is 44.7 Å². The lowest BCUT2D eigenvalue weighted by atomic mass is 10.1. The molecule has 1 fully saturated rings. The topological polar surface area (TPSA) is 80.5 Å². The molecule has 0 bridgehead atoms. The summed E-state index contributed by atoms with van der Waals surface area (Å²) in [6, 6.07) is 30.1. The monoisotopic (exact) mass is 556 g/mol. The molecule has 6 rings (SSSR count). The van der Waals surface area contributed by atoms with Crippen LogP contribution < -0.4 is 0 Å². The molecule has 40 heavy (non-hydrogen) atoms. The summed E-state index contributed by atoms with van der Waals surface area (Å²) >= 11 is 6.34. The van der Waals surface area contributed by atoms with Gasteiger partial charge in [-0.1, -0.05) is 103 Å². The summed E-state index contributed by atoms with van der Waals surface area (Å²) in [5.41, 5.74) is 3.67. The van der Waals surface area contributed by atoms with E-state index < -0.39 is 24.5 Å². The average molecular weight is 557 g/mol. The summed E-state index contributed by atoms with van der Waals surface area (Å²) in [6.45, 7) is 1.57. The molecule has 4 atom stereocenters. The third kappa shape index (κ3) is 6.22. The summed E-state index contributed by atoms with van der Waals surface area (Å²) < 4.78 is 27.5. The van der Waals surface area contributed by atoms with Crippen molar-refractivity contribution in [3.8, 4) is 0 Å². The van der Waals surface area contributed by atoms with Gasteiger partial charge in [-0.05, 0) is 16.7 Å². The van der Waals surface area contributed by atoms with E-state index in [0.29, 0.717) is 42.6 Å². The largest absolute Gasteiger partial charge is 0.374 e. The fourth-order valence-corrected chi connectivity index (χ4v) is 4.97. The number of ether oxygens (including phenoxy) is 4. The van der Waals surface area contributed by atoms with Crippen LogP contribution in [0, 0.1) is 0 Å². The van der Waals surface area contributed by atoms with Crippen molar-refractivity contribution in [2.45, 2.75) is 44.4 Å². The van der Waals surface area contributed by atoms with E-state index in [0.717, 1.165) is 16.7 Å². The lowest BCUT2D eigenvalue weighted by molar-refractivity contribution is -0.0932. The number of benzene rings is 3. The zero-order chi connectivity index (χ0) is 27.1. The van der Waals surface area contributed by atoms with E-state index in [4.69, 9.17) is 30.5 Å². The molecule has 0 saturated carbocycles. The van der Waals surface area contributed by atoms with E-state index in [1.54, 1.807) is 10.9 Å². The predicted molar refractivity (Wildman–Crippen MR) is 150 cm³/mol. The number of halogens is 1. The first-order chi connectivity index (χ1) is 19.7. The molecule has 0 N–H and O–H groups in total. The lowest BCUT2D eigenvalue weighted by Gasteiger charge is -2.25. The third-order valence-corrected chi connectivity index (χ3v) is 7.10. The van der Waals surface area contributed by atoms with Gasteiger partial charge in [0.15, 0.2) is 11.9 Å². The SMILES string of the molecule is Clc1ncnc2nn([C@H]3O[C@H](COCc4ccccc4)[C@@H](OCc4ccccc4)[C@@H]3OCc3ccccc3)cc12. The Morgan fingerprint density at radius 3 is 1.90 bits per heavy atom. The van der Waals surface area contributed by atoms with E-state index in [2.05, 4.69) is 15.1 Å². The number of rotatable bonds is 11. The van der Waals surface area contributed by atoms with Gasteiger partial charge in [0.1, 0.15) is 29.8 Å². The first-order valence-corrected chi connectivity index (χ1v) is 13.6. The molecule has 3 aromatic carbocycles. The second kappa shape index (κ2) is 12.7. The number of aromatic nitrogens is 4. The molecule has 1 saturated heterocycles. The maximum absolute atomic E-state index is 6.59. The minimum absolute atomic E-state index is 0.317. The van der Waals surface area contributed by atoms with Crippen molar-refractivity contribution in [2.75, 3.05) is 6.61 Å². The Kier molecular flexibility index (Phi) is 8.42. The molecule has 0 amide bonds. The first-order valence-electron chi connectivity index (χ1n) is 13.2. The molecule has 5 aromatic rings. The molecule has 8 nitrogen and oxygen atoms in total. The molecule has 204 valence electrons. The third-order valence-electron chi connectivity index (χ3n) is 6.80. The summed E-state index contributed by atoms with van der Waals surface area (Å²) in [6.07, 6.45) is 1.26. The normalized spacial score (nSPS) is 20.7. The van der Waals surface area contributed by atoms with E-state index in [9.17, 15) is 0 Å². The Morgan fingerprint density at radius 2 is 1.30 bits per heavy atom. The molecular formula is C31H29ClN4O4. The fraction of sp³-hybridized carbons (Fsp3) is 0.258. The van der Waals surface area contributed by atoms with Crippen molar-refractivity contribution in [3.05, 3.63) is 125 Å². The van der Waals surface area contributed by atoms with Crippen LogP contribution in [-0.2, 0) is 38.8 Å². The number of hydrogen-bond donors (Lipinski definition) is 0. The predicted octanol–water partition coefficient (Wildman–Crippen LogP) is 5.76. The van der Waals surface area contributed by atoms with Gasteiger partial charge in [-0.15, -0.1) is 5.10 Å². The van der Waals surface area contributed by atoms with Crippen molar-refractivity contribution >= 4 is 22.6 Å². The number of hydrogen-bond acceptors (Lipinski definition) is 7. The van der Waals surface area contributed by atoms with E-state index in [-0.39, 0.29) is 0 Å². The van der Waals surface area contributed by atoms with Crippen molar-refractivity contribution in [2.24, 2.45) is 0 Å². The van der Waals surface area contributed by atoms with Gasteiger partial charge < -0.3 is 18.9 Å². The van der Waals surface area contributed by atoms with Crippen LogP contribution in [0.3, 0.4) is 0 Å². The van der Waals surface area contributed by atoms with Crippen molar-refractivity contribution in [1.29, 1.82) is 0 Å². The van der Waals surface area contributed by atoms with Gasteiger partial charge in [-0.25, -0.2) is 14.6 Å². The van der Waals surface area contributed by atoms with Crippen molar-refractivity contribution in [1.82, 2.24) is 19.7 Å². The number of nitrogens with zero attached hydrogens (tertiary/aromatic N) is 4. The molecule has 1 aliphatic rings.